The predicted octanol–water partition coefficient (Wildman–Crippen LogP) is 3.37. The van der Waals surface area contributed by atoms with E-state index in [2.05, 4.69) is 0 Å². The third kappa shape index (κ3) is 3.74. The molecule has 0 radical (unpaired) electrons. The van der Waals surface area contributed by atoms with Gasteiger partial charge in [-0.25, -0.2) is 8.78 Å². The summed E-state index contributed by atoms with van der Waals surface area (Å²) in [6.45, 7) is -0.160. The Kier molecular flexibility index (Phi) is 4.63. The number of hydrogen-bond acceptors (Lipinski definition) is 2. The molecule has 0 unspecified atom stereocenters. The van der Waals surface area contributed by atoms with Gasteiger partial charge in [-0.3, -0.25) is 0 Å². The minimum atomic E-state index is -0.616. The van der Waals surface area contributed by atoms with E-state index in [0.717, 1.165) is 5.56 Å². The largest absolute Gasteiger partial charge is 0.489 e. The van der Waals surface area contributed by atoms with Crippen LogP contribution in [0.4, 0.5) is 8.78 Å². The van der Waals surface area contributed by atoms with Gasteiger partial charge in [0.25, 0.3) is 0 Å². The molecule has 0 aliphatic heterocycles. The Morgan fingerprint density at radius 1 is 1.05 bits per heavy atom. The van der Waals surface area contributed by atoms with Gasteiger partial charge in [0.15, 0.2) is 0 Å². The highest BCUT2D eigenvalue weighted by molar-refractivity contribution is 7.80. The molecule has 2 aromatic carbocycles. The molecule has 2 rings (SSSR count). The first-order valence-electron chi connectivity index (χ1n) is 5.99. The van der Waals surface area contributed by atoms with Crippen molar-refractivity contribution in [3.63, 3.8) is 0 Å². The van der Waals surface area contributed by atoms with Gasteiger partial charge in [-0.1, -0.05) is 30.4 Å². The van der Waals surface area contributed by atoms with Gasteiger partial charge in [-0.05, 0) is 29.8 Å². The molecule has 0 spiro atoms. The van der Waals surface area contributed by atoms with Crippen LogP contribution in [0.25, 0.3) is 0 Å². The molecular weight excluding hydrogens is 280 g/mol. The molecule has 0 saturated carbocycles. The van der Waals surface area contributed by atoms with E-state index in [4.69, 9.17) is 22.7 Å². The average molecular weight is 293 g/mol. The van der Waals surface area contributed by atoms with Crippen LogP contribution in [-0.4, -0.2) is 4.99 Å². The molecule has 5 heteroatoms. The number of rotatable bonds is 5. The lowest BCUT2D eigenvalue weighted by Gasteiger charge is -2.08. The van der Waals surface area contributed by atoms with Crippen LogP contribution >= 0.6 is 12.2 Å². The first kappa shape index (κ1) is 14.4. The molecule has 104 valence electrons. The van der Waals surface area contributed by atoms with Gasteiger partial charge >= 0.3 is 0 Å². The topological polar surface area (TPSA) is 35.2 Å². The number of hydrogen-bond donors (Lipinski definition) is 1. The molecule has 2 aromatic rings. The Labute approximate surface area is 121 Å². The molecule has 0 atom stereocenters. The summed E-state index contributed by atoms with van der Waals surface area (Å²) < 4.78 is 32.2. The van der Waals surface area contributed by atoms with Crippen molar-refractivity contribution in [1.82, 2.24) is 0 Å². The van der Waals surface area contributed by atoms with E-state index in [1.807, 2.05) is 12.1 Å². The van der Waals surface area contributed by atoms with Crippen LogP contribution in [0.1, 0.15) is 11.1 Å². The van der Waals surface area contributed by atoms with Gasteiger partial charge in [0.05, 0.1) is 10.6 Å². The zero-order valence-electron chi connectivity index (χ0n) is 10.6. The van der Waals surface area contributed by atoms with Crippen LogP contribution in [0.2, 0.25) is 0 Å². The summed E-state index contributed by atoms with van der Waals surface area (Å²) in [5.41, 5.74) is 6.32. The lowest BCUT2D eigenvalue weighted by Crippen LogP contribution is -2.10. The quantitative estimate of drug-likeness (QED) is 0.858. The normalized spacial score (nSPS) is 10.3. The fourth-order valence-electron chi connectivity index (χ4n) is 1.73. The Hall–Kier alpha value is -2.01. The first-order chi connectivity index (χ1) is 9.56. The third-order valence-electron chi connectivity index (χ3n) is 2.75. The summed E-state index contributed by atoms with van der Waals surface area (Å²) in [7, 11) is 0. The Morgan fingerprint density at radius 3 is 2.20 bits per heavy atom. The maximum atomic E-state index is 13.4. The highest BCUT2D eigenvalue weighted by Crippen LogP contribution is 2.17. The number of ether oxygens (including phenoxy) is 1. The maximum absolute atomic E-state index is 13.4. The number of halogens is 2. The fourth-order valence-corrected chi connectivity index (χ4v) is 1.90. The Bertz CT molecular complexity index is 594. The van der Waals surface area contributed by atoms with Gasteiger partial charge in [-0.2, -0.15) is 0 Å². The SMILES string of the molecule is NC(=S)Cc1ccc(OCc2c(F)cccc2F)cc1. The smallest absolute Gasteiger partial charge is 0.132 e. The second-order valence-electron chi connectivity index (χ2n) is 4.28. The second kappa shape index (κ2) is 6.43. The molecular formula is C15H13F2NOS. The summed E-state index contributed by atoms with van der Waals surface area (Å²) in [6, 6.07) is 10.8. The van der Waals surface area contributed by atoms with Gasteiger partial charge in [0, 0.05) is 6.42 Å². The van der Waals surface area contributed by atoms with Gasteiger partial charge < -0.3 is 10.5 Å². The van der Waals surface area contributed by atoms with Crippen molar-refractivity contribution in [1.29, 1.82) is 0 Å². The highest BCUT2D eigenvalue weighted by atomic mass is 32.1. The Morgan fingerprint density at radius 2 is 1.65 bits per heavy atom. The lowest BCUT2D eigenvalue weighted by atomic mass is 10.1. The highest BCUT2D eigenvalue weighted by Gasteiger charge is 2.08. The average Bonchev–Trinajstić information content (AvgIpc) is 2.39. The third-order valence-corrected chi connectivity index (χ3v) is 2.89. The van der Waals surface area contributed by atoms with E-state index in [0.29, 0.717) is 17.2 Å². The zero-order chi connectivity index (χ0) is 14.5. The van der Waals surface area contributed by atoms with Crippen molar-refractivity contribution in [3.8, 4) is 5.75 Å². The van der Waals surface area contributed by atoms with Gasteiger partial charge in [0.2, 0.25) is 0 Å². The van der Waals surface area contributed by atoms with Gasteiger partial charge in [-0.15, -0.1) is 0 Å². The molecule has 0 aromatic heterocycles. The van der Waals surface area contributed by atoms with E-state index in [-0.39, 0.29) is 12.2 Å². The monoisotopic (exact) mass is 293 g/mol. The summed E-state index contributed by atoms with van der Waals surface area (Å²) in [6.07, 6.45) is 0.511. The first-order valence-corrected chi connectivity index (χ1v) is 6.40. The number of thiocarbonyl (C=S) groups is 1. The van der Waals surface area contributed by atoms with Crippen molar-refractivity contribution < 1.29 is 13.5 Å². The van der Waals surface area contributed by atoms with Crippen LogP contribution < -0.4 is 10.5 Å². The van der Waals surface area contributed by atoms with Crippen LogP contribution in [0.15, 0.2) is 42.5 Å². The summed E-state index contributed by atoms with van der Waals surface area (Å²) >= 11 is 4.82. The molecule has 20 heavy (non-hydrogen) atoms. The molecule has 2 N–H and O–H groups in total. The minimum Gasteiger partial charge on any atom is -0.489 e. The van der Waals surface area contributed by atoms with Crippen LogP contribution in [-0.2, 0) is 13.0 Å². The molecule has 0 aliphatic carbocycles. The van der Waals surface area contributed by atoms with Gasteiger partial charge in [0.1, 0.15) is 24.0 Å². The fraction of sp³-hybridized carbons (Fsp3) is 0.133. The lowest BCUT2D eigenvalue weighted by molar-refractivity contribution is 0.292. The Balaban J connectivity index is 2.02. The van der Waals surface area contributed by atoms with E-state index < -0.39 is 11.6 Å². The summed E-state index contributed by atoms with van der Waals surface area (Å²) in [5.74, 6) is -0.704. The van der Waals surface area contributed by atoms with Crippen molar-refractivity contribution >= 4 is 17.2 Å². The molecule has 0 heterocycles. The number of nitrogens with two attached hydrogens (primary N) is 1. The molecule has 0 fully saturated rings. The minimum absolute atomic E-state index is 0.0836. The van der Waals surface area contributed by atoms with E-state index >= 15 is 0 Å². The maximum Gasteiger partial charge on any atom is 0.132 e. The van der Waals surface area contributed by atoms with Crippen molar-refractivity contribution in [2.24, 2.45) is 5.73 Å². The second-order valence-corrected chi connectivity index (χ2v) is 4.80. The predicted molar refractivity (Wildman–Crippen MR) is 77.6 cm³/mol. The van der Waals surface area contributed by atoms with E-state index in [9.17, 15) is 8.78 Å². The number of benzene rings is 2. The molecule has 2 nitrogen and oxygen atoms in total. The summed E-state index contributed by atoms with van der Waals surface area (Å²) in [5, 5.41) is 0. The van der Waals surface area contributed by atoms with E-state index in [1.165, 1.54) is 18.2 Å². The molecule has 0 bridgehead atoms. The van der Waals surface area contributed by atoms with E-state index in [1.54, 1.807) is 12.1 Å². The van der Waals surface area contributed by atoms with Crippen LogP contribution in [0, 0.1) is 11.6 Å². The van der Waals surface area contributed by atoms with Crippen molar-refractivity contribution in [2.75, 3.05) is 0 Å². The zero-order valence-corrected chi connectivity index (χ0v) is 11.4. The summed E-state index contributed by atoms with van der Waals surface area (Å²) in [4.78, 5) is 0.409. The standard InChI is InChI=1S/C15H13F2NOS/c16-13-2-1-3-14(17)12(13)9-19-11-6-4-10(5-7-11)8-15(18)20/h1-7H,8-9H2,(H2,18,20). The molecule has 0 amide bonds. The molecule has 0 aliphatic rings. The van der Waals surface area contributed by atoms with Crippen molar-refractivity contribution in [3.05, 3.63) is 65.2 Å². The van der Waals surface area contributed by atoms with Crippen molar-refractivity contribution in [2.45, 2.75) is 13.0 Å². The van der Waals surface area contributed by atoms with Crippen LogP contribution in [0.3, 0.4) is 0 Å². The van der Waals surface area contributed by atoms with Crippen LogP contribution in [0.5, 0.6) is 5.75 Å². The molecule has 0 saturated heterocycles.